The number of aliphatic hydroxyl groups is 1. The summed E-state index contributed by atoms with van der Waals surface area (Å²) in [4.78, 5) is 18.3. The highest BCUT2D eigenvalue weighted by Crippen LogP contribution is 2.20. The number of halogens is 1. The molecule has 5 heteroatoms. The van der Waals surface area contributed by atoms with E-state index >= 15 is 0 Å². The van der Waals surface area contributed by atoms with Crippen LogP contribution in [0.25, 0.3) is 16.6 Å². The van der Waals surface area contributed by atoms with E-state index in [1.165, 1.54) is 32.0 Å². The van der Waals surface area contributed by atoms with E-state index in [0.29, 0.717) is 11.0 Å². The summed E-state index contributed by atoms with van der Waals surface area (Å²) in [6, 6.07) is 4.08. The van der Waals surface area contributed by atoms with E-state index in [4.69, 9.17) is 0 Å². The van der Waals surface area contributed by atoms with E-state index in [1.54, 1.807) is 0 Å². The van der Waals surface area contributed by atoms with Crippen molar-refractivity contribution in [2.45, 2.75) is 13.8 Å². The minimum atomic E-state index is -0.387. The molecule has 1 aromatic heterocycles. The lowest BCUT2D eigenvalue weighted by atomic mass is 10.1. The number of H-pyrrole nitrogens is 1. The summed E-state index contributed by atoms with van der Waals surface area (Å²) < 4.78 is 13.0. The molecule has 2 N–H and O–H groups in total. The molecule has 0 bridgehead atoms. The molecule has 1 heterocycles. The average molecular weight is 234 g/mol. The third kappa shape index (κ3) is 2.04. The van der Waals surface area contributed by atoms with Crippen molar-refractivity contribution in [3.05, 3.63) is 35.6 Å². The number of benzene rings is 1. The second-order valence-corrected chi connectivity index (χ2v) is 3.76. The zero-order valence-corrected chi connectivity index (χ0v) is 9.41. The zero-order chi connectivity index (χ0) is 12.6. The lowest BCUT2D eigenvalue weighted by molar-refractivity contribution is -0.111. The third-order valence-electron chi connectivity index (χ3n) is 2.39. The number of aromatic nitrogens is 2. The van der Waals surface area contributed by atoms with Crippen LogP contribution in [0.3, 0.4) is 0 Å². The molecule has 0 amide bonds. The summed E-state index contributed by atoms with van der Waals surface area (Å²) in [5.41, 5.74) is 1.14. The fourth-order valence-electron chi connectivity index (χ4n) is 1.69. The Kier molecular flexibility index (Phi) is 2.67. The molecule has 0 radical (unpaired) electrons. The van der Waals surface area contributed by atoms with Crippen molar-refractivity contribution < 1.29 is 14.3 Å². The molecule has 2 rings (SSSR count). The molecule has 0 aliphatic rings. The smallest absolute Gasteiger partial charge is 0.166 e. The van der Waals surface area contributed by atoms with Crippen LogP contribution in [0, 0.1) is 5.82 Å². The van der Waals surface area contributed by atoms with E-state index in [-0.39, 0.29) is 28.8 Å². The van der Waals surface area contributed by atoms with Gasteiger partial charge in [0.2, 0.25) is 0 Å². The summed E-state index contributed by atoms with van der Waals surface area (Å²) in [6.07, 6.45) is 0. The Labute approximate surface area is 96.8 Å². The molecule has 0 saturated carbocycles. The standard InChI is InChI=1S/C12H11FN2O2/c1-6(16)11(7(2)17)12-14-9-4-3-8(13)5-10(9)15-12/h3-5,16H,1-2H3,(H,14,15)/b11-6-. The third-order valence-corrected chi connectivity index (χ3v) is 2.39. The SMILES string of the molecule is CC(=O)/C(=C(\C)O)c1nc2ccc(F)cc2[nH]1. The number of carbonyl (C=O) groups excluding carboxylic acids is 1. The first-order valence-corrected chi connectivity index (χ1v) is 5.05. The largest absolute Gasteiger partial charge is 0.512 e. The van der Waals surface area contributed by atoms with E-state index < -0.39 is 0 Å². The predicted molar refractivity (Wildman–Crippen MR) is 62.0 cm³/mol. The summed E-state index contributed by atoms with van der Waals surface area (Å²) in [5, 5.41) is 9.44. The first kappa shape index (κ1) is 11.3. The first-order chi connectivity index (χ1) is 7.99. The number of allylic oxidation sites excluding steroid dienone is 2. The van der Waals surface area contributed by atoms with Gasteiger partial charge in [0.25, 0.3) is 0 Å². The summed E-state index contributed by atoms with van der Waals surface area (Å²) in [7, 11) is 0. The van der Waals surface area contributed by atoms with Crippen LogP contribution in [0.1, 0.15) is 19.7 Å². The highest BCUT2D eigenvalue weighted by Gasteiger charge is 2.15. The number of imidazole rings is 1. The van der Waals surface area contributed by atoms with Crippen LogP contribution < -0.4 is 0 Å². The second-order valence-electron chi connectivity index (χ2n) is 3.76. The fourth-order valence-corrected chi connectivity index (χ4v) is 1.69. The van der Waals surface area contributed by atoms with Crippen molar-refractivity contribution in [3.63, 3.8) is 0 Å². The van der Waals surface area contributed by atoms with Crippen LogP contribution >= 0.6 is 0 Å². The minimum Gasteiger partial charge on any atom is -0.512 e. The molecule has 4 nitrogen and oxygen atoms in total. The van der Waals surface area contributed by atoms with Gasteiger partial charge >= 0.3 is 0 Å². The van der Waals surface area contributed by atoms with Crippen molar-refractivity contribution in [1.82, 2.24) is 9.97 Å². The lowest BCUT2D eigenvalue weighted by Gasteiger charge is -2.00. The molecule has 88 valence electrons. The number of Topliss-reactive ketones (excluding diaryl/α,β-unsaturated/α-hetero) is 1. The van der Waals surface area contributed by atoms with Crippen molar-refractivity contribution in [2.24, 2.45) is 0 Å². The number of hydrogen-bond acceptors (Lipinski definition) is 3. The van der Waals surface area contributed by atoms with E-state index in [1.807, 2.05) is 0 Å². The number of aromatic amines is 1. The number of ketones is 1. The lowest BCUT2D eigenvalue weighted by Crippen LogP contribution is -2.01. The molecule has 0 aliphatic heterocycles. The fraction of sp³-hybridized carbons (Fsp3) is 0.167. The first-order valence-electron chi connectivity index (χ1n) is 5.05. The zero-order valence-electron chi connectivity index (χ0n) is 9.41. The summed E-state index contributed by atoms with van der Waals surface area (Å²) in [6.45, 7) is 2.74. The van der Waals surface area contributed by atoms with Gasteiger partial charge in [-0.15, -0.1) is 0 Å². The van der Waals surface area contributed by atoms with Gasteiger partial charge in [0, 0.05) is 0 Å². The highest BCUT2D eigenvalue weighted by molar-refractivity contribution is 6.19. The molecule has 1 aromatic carbocycles. The number of fused-ring (bicyclic) bond motifs is 1. The van der Waals surface area contributed by atoms with Crippen LogP contribution in [-0.2, 0) is 4.79 Å². The van der Waals surface area contributed by atoms with Gasteiger partial charge in [0.05, 0.1) is 16.6 Å². The van der Waals surface area contributed by atoms with Crippen LogP contribution in [0.2, 0.25) is 0 Å². The normalized spacial score (nSPS) is 12.6. The Balaban J connectivity index is 2.64. The Bertz CT molecular complexity index is 624. The van der Waals surface area contributed by atoms with Gasteiger partial charge in [-0.25, -0.2) is 9.37 Å². The number of rotatable bonds is 2. The average Bonchev–Trinajstić information content (AvgIpc) is 2.58. The van der Waals surface area contributed by atoms with Crippen LogP contribution in [0.15, 0.2) is 24.0 Å². The molecule has 17 heavy (non-hydrogen) atoms. The number of nitrogens with one attached hydrogen (secondary N) is 1. The van der Waals surface area contributed by atoms with Crippen molar-refractivity contribution >= 4 is 22.4 Å². The molecule has 0 spiro atoms. The van der Waals surface area contributed by atoms with Crippen molar-refractivity contribution in [3.8, 4) is 0 Å². The molecule has 0 aliphatic carbocycles. The maximum atomic E-state index is 13.0. The van der Waals surface area contributed by atoms with E-state index in [9.17, 15) is 14.3 Å². The molecular weight excluding hydrogens is 223 g/mol. The molecule has 0 fully saturated rings. The molecule has 2 aromatic rings. The number of hydrogen-bond donors (Lipinski definition) is 2. The van der Waals surface area contributed by atoms with E-state index in [2.05, 4.69) is 9.97 Å². The molecule has 0 unspecified atom stereocenters. The Hall–Kier alpha value is -2.17. The van der Waals surface area contributed by atoms with Crippen molar-refractivity contribution in [2.75, 3.05) is 0 Å². The monoisotopic (exact) mass is 234 g/mol. The van der Waals surface area contributed by atoms with Gasteiger partial charge in [-0.2, -0.15) is 0 Å². The molecular formula is C12H11FN2O2. The summed E-state index contributed by atoms with van der Waals surface area (Å²) in [5.74, 6) is -0.554. The van der Waals surface area contributed by atoms with Gasteiger partial charge in [0.1, 0.15) is 17.4 Å². The maximum Gasteiger partial charge on any atom is 0.166 e. The number of aliphatic hydroxyl groups excluding tert-OH is 1. The quantitative estimate of drug-likeness (QED) is 0.620. The van der Waals surface area contributed by atoms with Gasteiger partial charge in [-0.05, 0) is 32.0 Å². The number of nitrogens with zero attached hydrogens (tertiary/aromatic N) is 1. The van der Waals surface area contributed by atoms with Crippen LogP contribution in [0.4, 0.5) is 4.39 Å². The minimum absolute atomic E-state index is 0.113. The Morgan fingerprint density at radius 2 is 2.12 bits per heavy atom. The van der Waals surface area contributed by atoms with Gasteiger partial charge in [-0.3, -0.25) is 4.79 Å². The topological polar surface area (TPSA) is 66.0 Å². The van der Waals surface area contributed by atoms with Gasteiger partial charge in [0.15, 0.2) is 5.78 Å². The Morgan fingerprint density at radius 3 is 2.71 bits per heavy atom. The molecule has 0 saturated heterocycles. The number of carbonyl (C=O) groups is 1. The second kappa shape index (κ2) is 4.01. The Morgan fingerprint density at radius 1 is 1.41 bits per heavy atom. The highest BCUT2D eigenvalue weighted by atomic mass is 19.1. The van der Waals surface area contributed by atoms with Crippen LogP contribution in [0.5, 0.6) is 0 Å². The van der Waals surface area contributed by atoms with Crippen molar-refractivity contribution in [1.29, 1.82) is 0 Å². The predicted octanol–water partition coefficient (Wildman–Crippen LogP) is 2.58. The van der Waals surface area contributed by atoms with E-state index in [0.717, 1.165) is 0 Å². The maximum absolute atomic E-state index is 13.0. The van der Waals surface area contributed by atoms with Crippen LogP contribution in [-0.4, -0.2) is 20.9 Å². The summed E-state index contributed by atoms with van der Waals surface area (Å²) >= 11 is 0. The van der Waals surface area contributed by atoms with Gasteiger partial charge in [-0.1, -0.05) is 0 Å². The van der Waals surface area contributed by atoms with Gasteiger partial charge < -0.3 is 10.1 Å². The molecule has 0 atom stereocenters.